The smallest absolute Gasteiger partial charge is 0.240 e. The molecule has 2 N–H and O–H groups in total. The van der Waals surface area contributed by atoms with Crippen molar-refractivity contribution in [1.82, 2.24) is 30.0 Å². The zero-order valence-corrected chi connectivity index (χ0v) is 13.5. The maximum Gasteiger partial charge on any atom is 0.240 e. The molecule has 23 heavy (non-hydrogen) atoms. The van der Waals surface area contributed by atoms with Crippen LogP contribution in [0, 0.1) is 0 Å². The number of aromatic nitrogens is 5. The SMILES string of the molecule is CN(Cc1cnn(-c2ccccc2)n1)Cc1noc(CN)n1.Cl. The summed E-state index contributed by atoms with van der Waals surface area (Å²) in [5.41, 5.74) is 7.25. The Morgan fingerprint density at radius 3 is 2.70 bits per heavy atom. The van der Waals surface area contributed by atoms with Crippen molar-refractivity contribution in [2.75, 3.05) is 7.05 Å². The van der Waals surface area contributed by atoms with Crippen molar-refractivity contribution in [2.45, 2.75) is 19.6 Å². The van der Waals surface area contributed by atoms with E-state index in [4.69, 9.17) is 10.3 Å². The number of para-hydroxylation sites is 1. The van der Waals surface area contributed by atoms with E-state index in [1.165, 1.54) is 0 Å². The lowest BCUT2D eigenvalue weighted by Crippen LogP contribution is -2.18. The van der Waals surface area contributed by atoms with E-state index in [1.807, 2.05) is 42.3 Å². The van der Waals surface area contributed by atoms with Crippen LogP contribution in [0.2, 0.25) is 0 Å². The Balaban J connectivity index is 0.00000192. The fraction of sp³-hybridized carbons (Fsp3) is 0.286. The average Bonchev–Trinajstić information content (AvgIpc) is 3.17. The molecule has 0 radical (unpaired) electrons. The molecule has 0 amide bonds. The molecular formula is C14H18ClN7O. The van der Waals surface area contributed by atoms with Crippen LogP contribution in [0.1, 0.15) is 17.4 Å². The highest BCUT2D eigenvalue weighted by Crippen LogP contribution is 2.07. The normalized spacial score (nSPS) is 10.7. The summed E-state index contributed by atoms with van der Waals surface area (Å²) in [6, 6.07) is 9.79. The van der Waals surface area contributed by atoms with Crippen LogP contribution in [0.25, 0.3) is 5.69 Å². The molecule has 0 aliphatic carbocycles. The highest BCUT2D eigenvalue weighted by Gasteiger charge is 2.10. The van der Waals surface area contributed by atoms with Crippen molar-refractivity contribution in [3.63, 3.8) is 0 Å². The van der Waals surface area contributed by atoms with Gasteiger partial charge in [0, 0.05) is 6.54 Å². The van der Waals surface area contributed by atoms with Crippen molar-refractivity contribution in [3.05, 3.63) is 53.9 Å². The van der Waals surface area contributed by atoms with Gasteiger partial charge < -0.3 is 10.3 Å². The lowest BCUT2D eigenvalue weighted by molar-refractivity contribution is 0.296. The van der Waals surface area contributed by atoms with E-state index in [2.05, 4.69) is 20.3 Å². The Kier molecular flexibility index (Phi) is 5.80. The molecule has 0 fully saturated rings. The number of hydrogen-bond acceptors (Lipinski definition) is 7. The van der Waals surface area contributed by atoms with Crippen LogP contribution >= 0.6 is 12.4 Å². The topological polar surface area (TPSA) is 98.9 Å². The Bertz CT molecular complexity index is 728. The first-order valence-electron chi connectivity index (χ1n) is 6.91. The van der Waals surface area contributed by atoms with E-state index in [9.17, 15) is 0 Å². The van der Waals surface area contributed by atoms with Gasteiger partial charge in [-0.15, -0.1) is 12.4 Å². The first-order chi connectivity index (χ1) is 10.7. The third-order valence-corrected chi connectivity index (χ3v) is 3.05. The summed E-state index contributed by atoms with van der Waals surface area (Å²) in [7, 11) is 1.96. The number of benzene rings is 1. The predicted molar refractivity (Wildman–Crippen MR) is 86.0 cm³/mol. The second kappa shape index (κ2) is 7.82. The summed E-state index contributed by atoms with van der Waals surface area (Å²) in [5, 5.41) is 12.6. The molecule has 0 bridgehead atoms. The van der Waals surface area contributed by atoms with Crippen LogP contribution in [0.15, 0.2) is 41.1 Å². The number of halogens is 1. The molecule has 0 saturated heterocycles. The Labute approximate surface area is 139 Å². The Morgan fingerprint density at radius 1 is 1.22 bits per heavy atom. The van der Waals surface area contributed by atoms with Crippen LogP contribution in [0.3, 0.4) is 0 Å². The Morgan fingerprint density at radius 2 is 2.00 bits per heavy atom. The summed E-state index contributed by atoms with van der Waals surface area (Å²) in [6.45, 7) is 1.45. The number of nitrogens with zero attached hydrogens (tertiary/aromatic N) is 6. The lowest BCUT2D eigenvalue weighted by atomic mass is 10.3. The summed E-state index contributed by atoms with van der Waals surface area (Å²) in [5.74, 6) is 1.05. The molecule has 0 unspecified atom stereocenters. The largest absolute Gasteiger partial charge is 0.338 e. The molecule has 0 spiro atoms. The first kappa shape index (κ1) is 17.1. The van der Waals surface area contributed by atoms with E-state index < -0.39 is 0 Å². The van der Waals surface area contributed by atoms with E-state index >= 15 is 0 Å². The second-order valence-electron chi connectivity index (χ2n) is 4.94. The summed E-state index contributed by atoms with van der Waals surface area (Å²) < 4.78 is 4.98. The molecule has 2 heterocycles. The molecule has 122 valence electrons. The van der Waals surface area contributed by atoms with Gasteiger partial charge in [0.15, 0.2) is 5.82 Å². The van der Waals surface area contributed by atoms with Crippen molar-refractivity contribution in [2.24, 2.45) is 5.73 Å². The maximum absolute atomic E-state index is 5.44. The van der Waals surface area contributed by atoms with Crippen LogP contribution in [0.4, 0.5) is 0 Å². The number of rotatable bonds is 6. The average molecular weight is 336 g/mol. The quantitative estimate of drug-likeness (QED) is 0.721. The minimum Gasteiger partial charge on any atom is -0.338 e. The summed E-state index contributed by atoms with van der Waals surface area (Å²) >= 11 is 0. The zero-order valence-electron chi connectivity index (χ0n) is 12.7. The second-order valence-corrected chi connectivity index (χ2v) is 4.94. The molecule has 2 aromatic heterocycles. The minimum atomic E-state index is 0. The van der Waals surface area contributed by atoms with E-state index in [1.54, 1.807) is 11.0 Å². The predicted octanol–water partition coefficient (Wildman–Crippen LogP) is 1.16. The molecule has 1 aromatic carbocycles. The molecule has 0 aliphatic rings. The maximum atomic E-state index is 5.44. The molecule has 3 rings (SSSR count). The lowest BCUT2D eigenvalue weighted by Gasteiger charge is -2.11. The van der Waals surface area contributed by atoms with Gasteiger partial charge in [-0.05, 0) is 19.2 Å². The van der Waals surface area contributed by atoms with Gasteiger partial charge in [0.1, 0.15) is 0 Å². The van der Waals surface area contributed by atoms with Crippen molar-refractivity contribution in [1.29, 1.82) is 0 Å². The van der Waals surface area contributed by atoms with Crippen molar-refractivity contribution < 1.29 is 4.52 Å². The fourth-order valence-corrected chi connectivity index (χ4v) is 2.06. The van der Waals surface area contributed by atoms with Crippen LogP contribution < -0.4 is 5.73 Å². The zero-order chi connectivity index (χ0) is 15.4. The van der Waals surface area contributed by atoms with Crippen molar-refractivity contribution >= 4 is 12.4 Å². The monoisotopic (exact) mass is 335 g/mol. The van der Waals surface area contributed by atoms with Gasteiger partial charge in [-0.1, -0.05) is 23.4 Å². The van der Waals surface area contributed by atoms with Gasteiger partial charge in [0.05, 0.1) is 30.7 Å². The van der Waals surface area contributed by atoms with Crippen LogP contribution in [-0.4, -0.2) is 37.1 Å². The molecule has 8 nitrogen and oxygen atoms in total. The van der Waals surface area contributed by atoms with Gasteiger partial charge in [-0.25, -0.2) is 0 Å². The summed E-state index contributed by atoms with van der Waals surface area (Å²) in [6.07, 6.45) is 1.75. The number of nitrogens with two attached hydrogens (primary N) is 1. The number of hydrogen-bond donors (Lipinski definition) is 1. The van der Waals surface area contributed by atoms with Gasteiger partial charge in [0.2, 0.25) is 5.89 Å². The van der Waals surface area contributed by atoms with Crippen LogP contribution in [0.5, 0.6) is 0 Å². The molecule has 0 aliphatic heterocycles. The third kappa shape index (κ3) is 4.35. The molecular weight excluding hydrogens is 318 g/mol. The molecule has 0 saturated carbocycles. The van der Waals surface area contributed by atoms with E-state index in [-0.39, 0.29) is 19.0 Å². The van der Waals surface area contributed by atoms with E-state index in [0.29, 0.717) is 24.8 Å². The van der Waals surface area contributed by atoms with Gasteiger partial charge in [-0.3, -0.25) is 4.90 Å². The first-order valence-corrected chi connectivity index (χ1v) is 6.91. The van der Waals surface area contributed by atoms with Crippen molar-refractivity contribution in [3.8, 4) is 5.69 Å². The summed E-state index contributed by atoms with van der Waals surface area (Å²) in [4.78, 5) is 7.82. The third-order valence-electron chi connectivity index (χ3n) is 3.05. The molecule has 3 aromatic rings. The highest BCUT2D eigenvalue weighted by atomic mass is 35.5. The van der Waals surface area contributed by atoms with Gasteiger partial charge >= 0.3 is 0 Å². The van der Waals surface area contributed by atoms with Gasteiger partial charge in [-0.2, -0.15) is 20.0 Å². The molecule has 0 atom stereocenters. The van der Waals surface area contributed by atoms with Gasteiger partial charge in [0.25, 0.3) is 0 Å². The van der Waals surface area contributed by atoms with Crippen LogP contribution in [-0.2, 0) is 19.6 Å². The fourth-order valence-electron chi connectivity index (χ4n) is 2.06. The molecule has 9 heteroatoms. The minimum absolute atomic E-state index is 0. The van der Waals surface area contributed by atoms with E-state index in [0.717, 1.165) is 11.4 Å². The standard InChI is InChI=1S/C14H17N7O.ClH/c1-20(10-13-17-14(7-15)22-19-13)9-11-8-16-21(18-11)12-5-3-2-4-6-12;/h2-6,8H,7,9-10,15H2,1H3;1H. The highest BCUT2D eigenvalue weighted by molar-refractivity contribution is 5.85. The Hall–Kier alpha value is -2.29.